The van der Waals surface area contributed by atoms with Crippen molar-refractivity contribution in [2.75, 3.05) is 7.11 Å². The van der Waals surface area contributed by atoms with Crippen LogP contribution in [0.4, 0.5) is 0 Å². The third kappa shape index (κ3) is 3.77. The fourth-order valence-electron chi connectivity index (χ4n) is 1.56. The Bertz CT molecular complexity index is 467. The molecule has 96 valence electrons. The van der Waals surface area contributed by atoms with Gasteiger partial charge in [0.2, 0.25) is 0 Å². The lowest BCUT2D eigenvalue weighted by Gasteiger charge is -2.02. The molecule has 3 nitrogen and oxygen atoms in total. The van der Waals surface area contributed by atoms with E-state index in [9.17, 15) is 4.79 Å². The molecule has 0 atom stereocenters. The number of allylic oxidation sites excluding steroid dienone is 2. The van der Waals surface area contributed by atoms with Gasteiger partial charge in [0.25, 0.3) is 0 Å². The molecule has 0 aromatic heterocycles. The van der Waals surface area contributed by atoms with Crippen LogP contribution >= 0.6 is 0 Å². The van der Waals surface area contributed by atoms with Crippen LogP contribution in [0.2, 0.25) is 0 Å². The maximum Gasteiger partial charge on any atom is 0.331 e. The highest BCUT2D eigenvalue weighted by molar-refractivity contribution is 5.87. The summed E-state index contributed by atoms with van der Waals surface area (Å²) in [6, 6.07) is 7.61. The summed E-state index contributed by atoms with van der Waals surface area (Å²) in [6.45, 7) is 3.57. The highest BCUT2D eigenvalue weighted by atomic mass is 16.5. The number of carboxylic acids is 1. The zero-order valence-electron chi connectivity index (χ0n) is 10.9. The van der Waals surface area contributed by atoms with Gasteiger partial charge < -0.3 is 9.84 Å². The van der Waals surface area contributed by atoms with Crippen molar-refractivity contribution in [3.05, 3.63) is 47.1 Å². The van der Waals surface area contributed by atoms with Crippen molar-refractivity contribution in [2.24, 2.45) is 0 Å². The Morgan fingerprint density at radius 2 is 1.94 bits per heavy atom. The zero-order valence-corrected chi connectivity index (χ0v) is 10.9. The number of benzene rings is 1. The molecule has 1 aromatic carbocycles. The summed E-state index contributed by atoms with van der Waals surface area (Å²) in [5.74, 6) is -0.0636. The molecule has 0 bridgehead atoms. The maximum absolute atomic E-state index is 10.9. The monoisotopic (exact) mass is 246 g/mol. The van der Waals surface area contributed by atoms with Gasteiger partial charge in [0.05, 0.1) is 7.11 Å². The number of ether oxygens (including phenoxy) is 1. The summed E-state index contributed by atoms with van der Waals surface area (Å²) in [6.07, 6.45) is 4.46. The number of rotatable bonds is 5. The van der Waals surface area contributed by atoms with Crippen LogP contribution in [0.5, 0.6) is 5.75 Å². The van der Waals surface area contributed by atoms with Crippen LogP contribution in [0.3, 0.4) is 0 Å². The van der Waals surface area contributed by atoms with Crippen molar-refractivity contribution in [1.29, 1.82) is 0 Å². The van der Waals surface area contributed by atoms with Crippen LogP contribution < -0.4 is 4.74 Å². The van der Waals surface area contributed by atoms with Gasteiger partial charge in [-0.2, -0.15) is 0 Å². The molecule has 0 amide bonds. The summed E-state index contributed by atoms with van der Waals surface area (Å²) in [4.78, 5) is 10.9. The van der Waals surface area contributed by atoms with Gasteiger partial charge in [-0.3, -0.25) is 0 Å². The Hall–Kier alpha value is -2.03. The van der Waals surface area contributed by atoms with E-state index in [0.717, 1.165) is 16.9 Å². The van der Waals surface area contributed by atoms with E-state index in [-0.39, 0.29) is 0 Å². The van der Waals surface area contributed by atoms with Gasteiger partial charge >= 0.3 is 5.97 Å². The minimum Gasteiger partial charge on any atom is -0.497 e. The van der Waals surface area contributed by atoms with Gasteiger partial charge in [-0.15, -0.1) is 0 Å². The lowest BCUT2D eigenvalue weighted by atomic mass is 10.1. The Morgan fingerprint density at radius 3 is 2.39 bits per heavy atom. The number of hydrogen-bond acceptors (Lipinski definition) is 2. The zero-order chi connectivity index (χ0) is 13.5. The van der Waals surface area contributed by atoms with Crippen LogP contribution in [0.15, 0.2) is 41.5 Å². The topological polar surface area (TPSA) is 46.5 Å². The third-order valence-electron chi connectivity index (χ3n) is 2.78. The summed E-state index contributed by atoms with van der Waals surface area (Å²) in [7, 11) is 1.62. The van der Waals surface area contributed by atoms with Crippen molar-refractivity contribution in [3.63, 3.8) is 0 Å². The molecule has 1 N–H and O–H groups in total. The maximum atomic E-state index is 10.9. The highest BCUT2D eigenvalue weighted by Gasteiger charge is 2.04. The molecule has 1 aromatic rings. The first-order valence-electron chi connectivity index (χ1n) is 5.83. The summed E-state index contributed by atoms with van der Waals surface area (Å²) >= 11 is 0. The average Bonchev–Trinajstić information content (AvgIpc) is 2.39. The first kappa shape index (κ1) is 14.0. The fraction of sp³-hybridized carbons (Fsp3) is 0.267. The van der Waals surface area contributed by atoms with Crippen molar-refractivity contribution in [1.82, 2.24) is 0 Å². The van der Waals surface area contributed by atoms with Crippen LogP contribution in [0.1, 0.15) is 25.8 Å². The normalized spacial score (nSPS) is 12.4. The van der Waals surface area contributed by atoms with E-state index in [2.05, 4.69) is 0 Å². The van der Waals surface area contributed by atoms with E-state index in [0.29, 0.717) is 12.0 Å². The summed E-state index contributed by atoms with van der Waals surface area (Å²) in [5, 5.41) is 8.94. The van der Waals surface area contributed by atoms with Crippen LogP contribution in [-0.4, -0.2) is 18.2 Å². The van der Waals surface area contributed by atoms with E-state index in [4.69, 9.17) is 9.84 Å². The van der Waals surface area contributed by atoms with Gasteiger partial charge in [-0.1, -0.05) is 31.2 Å². The second-order valence-corrected chi connectivity index (χ2v) is 3.92. The van der Waals surface area contributed by atoms with Crippen molar-refractivity contribution < 1.29 is 14.6 Å². The minimum absolute atomic E-state index is 0.391. The molecule has 0 heterocycles. The molecule has 0 unspecified atom stereocenters. The highest BCUT2D eigenvalue weighted by Crippen LogP contribution is 2.15. The number of methoxy groups -OCH3 is 1. The molecule has 0 aliphatic heterocycles. The molecule has 18 heavy (non-hydrogen) atoms. The Labute approximate surface area is 107 Å². The fourth-order valence-corrected chi connectivity index (χ4v) is 1.56. The molecule has 1 rings (SSSR count). The minimum atomic E-state index is -0.869. The number of aliphatic carboxylic acids is 1. The quantitative estimate of drug-likeness (QED) is 0.638. The predicted octanol–water partition coefficient (Wildman–Crippen LogP) is 3.52. The largest absolute Gasteiger partial charge is 0.497 e. The number of carboxylic acid groups (broad SMARTS) is 1. The molecule has 0 spiro atoms. The van der Waals surface area contributed by atoms with Gasteiger partial charge in [0.15, 0.2) is 0 Å². The molecule has 0 aliphatic carbocycles. The SMILES string of the molecule is CCC(C=Cc1ccc(OC)cc1)=C(C)C(=O)O. The standard InChI is InChI=1S/C15H18O3/c1-4-13(11(2)15(16)17)8-5-12-6-9-14(18-3)10-7-12/h5-10H,4H2,1-3H3,(H,16,17). The third-order valence-corrected chi connectivity index (χ3v) is 2.78. The van der Waals surface area contributed by atoms with Crippen molar-refractivity contribution in [3.8, 4) is 5.75 Å². The van der Waals surface area contributed by atoms with E-state index in [1.165, 1.54) is 0 Å². The second-order valence-electron chi connectivity index (χ2n) is 3.92. The Balaban J connectivity index is 2.90. The molecule has 0 saturated carbocycles. The van der Waals surface area contributed by atoms with E-state index in [1.54, 1.807) is 14.0 Å². The van der Waals surface area contributed by atoms with E-state index >= 15 is 0 Å². The van der Waals surface area contributed by atoms with E-state index < -0.39 is 5.97 Å². The lowest BCUT2D eigenvalue weighted by molar-refractivity contribution is -0.132. The molecule has 0 radical (unpaired) electrons. The summed E-state index contributed by atoms with van der Waals surface area (Å²) < 4.78 is 5.07. The molecule has 0 fully saturated rings. The van der Waals surface area contributed by atoms with E-state index in [1.807, 2.05) is 43.3 Å². The Kier molecular flexibility index (Phi) is 5.18. The first-order chi connectivity index (χ1) is 8.58. The molecular formula is C15H18O3. The van der Waals surface area contributed by atoms with Crippen molar-refractivity contribution >= 4 is 12.0 Å². The van der Waals surface area contributed by atoms with Crippen LogP contribution in [-0.2, 0) is 4.79 Å². The van der Waals surface area contributed by atoms with Gasteiger partial charge in [-0.05, 0) is 36.6 Å². The van der Waals surface area contributed by atoms with Crippen LogP contribution in [0.25, 0.3) is 6.08 Å². The summed E-state index contributed by atoms with van der Waals surface area (Å²) in [5.41, 5.74) is 2.24. The lowest BCUT2D eigenvalue weighted by Crippen LogP contribution is -1.99. The Morgan fingerprint density at radius 1 is 1.33 bits per heavy atom. The molecular weight excluding hydrogens is 228 g/mol. The smallest absolute Gasteiger partial charge is 0.331 e. The van der Waals surface area contributed by atoms with Gasteiger partial charge in [0.1, 0.15) is 5.75 Å². The van der Waals surface area contributed by atoms with Gasteiger partial charge in [0, 0.05) is 5.57 Å². The second kappa shape index (κ2) is 6.64. The molecule has 0 aliphatic rings. The average molecular weight is 246 g/mol. The van der Waals surface area contributed by atoms with Crippen molar-refractivity contribution in [2.45, 2.75) is 20.3 Å². The molecule has 3 heteroatoms. The first-order valence-corrected chi connectivity index (χ1v) is 5.83. The van der Waals surface area contributed by atoms with Gasteiger partial charge in [-0.25, -0.2) is 4.79 Å². The van der Waals surface area contributed by atoms with Crippen LogP contribution in [0, 0.1) is 0 Å². The number of hydrogen-bond donors (Lipinski definition) is 1. The number of carbonyl (C=O) groups is 1. The predicted molar refractivity (Wildman–Crippen MR) is 72.7 cm³/mol. The molecule has 0 saturated heterocycles.